The van der Waals surface area contributed by atoms with Gasteiger partial charge in [-0.25, -0.2) is 4.79 Å². The number of carbonyl (C=O) groups excluding carboxylic acids is 1. The molecule has 1 aliphatic rings. The molecule has 0 fully saturated rings. The molecule has 0 spiro atoms. The van der Waals surface area contributed by atoms with E-state index in [1.54, 1.807) is 35.2 Å². The molecule has 0 aliphatic carbocycles. The van der Waals surface area contributed by atoms with Crippen LogP contribution in [0.5, 0.6) is 5.75 Å². The molecule has 1 amide bonds. The minimum absolute atomic E-state index is 0.243. The summed E-state index contributed by atoms with van der Waals surface area (Å²) in [7, 11) is 0. The summed E-state index contributed by atoms with van der Waals surface area (Å²) in [6.07, 6.45) is 3.08. The lowest BCUT2D eigenvalue weighted by Crippen LogP contribution is -2.30. The number of hydrogen-bond acceptors (Lipinski definition) is 5. The van der Waals surface area contributed by atoms with Gasteiger partial charge in [0.15, 0.2) is 12.3 Å². The van der Waals surface area contributed by atoms with Crippen molar-refractivity contribution in [3.63, 3.8) is 0 Å². The lowest BCUT2D eigenvalue weighted by Gasteiger charge is -2.13. The van der Waals surface area contributed by atoms with Crippen LogP contribution in [0.25, 0.3) is 0 Å². The van der Waals surface area contributed by atoms with E-state index in [4.69, 9.17) is 9.84 Å². The molecule has 3 rings (SSSR count). The first-order chi connectivity index (χ1) is 13.1. The van der Waals surface area contributed by atoms with E-state index in [0.29, 0.717) is 23.4 Å². The van der Waals surface area contributed by atoms with Crippen molar-refractivity contribution < 1.29 is 19.4 Å². The third kappa shape index (κ3) is 3.92. The molecule has 0 bridgehead atoms. The van der Waals surface area contributed by atoms with Gasteiger partial charge in [0.25, 0.3) is 5.91 Å². The number of hydrogen-bond donors (Lipinski definition) is 1. The molecule has 1 heterocycles. The summed E-state index contributed by atoms with van der Waals surface area (Å²) in [6, 6.07) is 14.2. The second-order valence-electron chi connectivity index (χ2n) is 5.63. The van der Waals surface area contributed by atoms with Gasteiger partial charge in [-0.1, -0.05) is 36.4 Å². The van der Waals surface area contributed by atoms with Crippen LogP contribution in [0.2, 0.25) is 0 Å². The molecule has 27 heavy (non-hydrogen) atoms. The number of rotatable bonds is 7. The van der Waals surface area contributed by atoms with Crippen LogP contribution < -0.4 is 9.64 Å². The number of fused-ring (bicyclic) bond motifs is 1. The molecular weight excluding hydrogens is 346 g/mol. The number of amides is 1. The zero-order valence-corrected chi connectivity index (χ0v) is 14.4. The highest BCUT2D eigenvalue weighted by molar-refractivity contribution is 6.54. The smallest absolute Gasteiger partial charge is 0.341 e. The zero-order chi connectivity index (χ0) is 19.2. The molecule has 136 valence electrons. The predicted octanol–water partition coefficient (Wildman–Crippen LogP) is 2.51. The van der Waals surface area contributed by atoms with Crippen molar-refractivity contribution in [3.05, 3.63) is 72.3 Å². The van der Waals surface area contributed by atoms with Gasteiger partial charge in [-0.3, -0.25) is 4.79 Å². The Bertz CT molecular complexity index is 950. The van der Waals surface area contributed by atoms with E-state index in [9.17, 15) is 9.59 Å². The Balaban J connectivity index is 1.87. The molecule has 0 radical (unpaired) electrons. The number of para-hydroxylation sites is 2. The second-order valence-corrected chi connectivity index (χ2v) is 5.63. The van der Waals surface area contributed by atoms with Gasteiger partial charge in [-0.05, 0) is 18.2 Å². The fourth-order valence-electron chi connectivity index (χ4n) is 2.68. The van der Waals surface area contributed by atoms with Gasteiger partial charge in [0.1, 0.15) is 5.75 Å². The van der Waals surface area contributed by atoms with E-state index >= 15 is 0 Å². The number of carboxylic acids is 1. The molecule has 0 aromatic heterocycles. The van der Waals surface area contributed by atoms with Crippen molar-refractivity contribution >= 4 is 29.5 Å². The number of carboxylic acid groups (broad SMARTS) is 1. The Kier molecular flexibility index (Phi) is 5.41. The molecule has 0 atom stereocenters. The van der Waals surface area contributed by atoms with E-state index in [-0.39, 0.29) is 11.6 Å². The SMILES string of the molecule is C=CCN1C(=O)/C(=N\N=C/c2ccccc2OCC(=O)O)c2ccccc21. The van der Waals surface area contributed by atoms with Crippen LogP contribution in [0.3, 0.4) is 0 Å². The van der Waals surface area contributed by atoms with E-state index in [0.717, 1.165) is 5.69 Å². The standard InChI is InChI=1S/C20H17N3O4/c1-2-11-23-16-9-5-4-8-15(16)19(20(23)26)22-21-12-14-7-3-6-10-17(14)27-13-18(24)25/h2-10,12H,1,11,13H2,(H,24,25)/b21-12-,22-19-. The van der Waals surface area contributed by atoms with E-state index < -0.39 is 12.6 Å². The van der Waals surface area contributed by atoms with Crippen molar-refractivity contribution in [2.24, 2.45) is 10.2 Å². The first kappa shape index (κ1) is 18.1. The maximum absolute atomic E-state index is 12.6. The average molecular weight is 363 g/mol. The lowest BCUT2D eigenvalue weighted by molar-refractivity contribution is -0.139. The summed E-state index contributed by atoms with van der Waals surface area (Å²) in [4.78, 5) is 24.9. The Hall–Kier alpha value is -3.74. The van der Waals surface area contributed by atoms with Crippen molar-refractivity contribution in [1.29, 1.82) is 0 Å². The summed E-state index contributed by atoms with van der Waals surface area (Å²) >= 11 is 0. The quantitative estimate of drug-likeness (QED) is 0.465. The highest BCUT2D eigenvalue weighted by Gasteiger charge is 2.32. The number of benzene rings is 2. The van der Waals surface area contributed by atoms with Gasteiger partial charge in [0, 0.05) is 17.7 Å². The normalized spacial score (nSPS) is 14.6. The number of anilines is 1. The van der Waals surface area contributed by atoms with Crippen LogP contribution in [0.15, 0.2) is 71.4 Å². The number of carbonyl (C=O) groups is 2. The molecular formula is C20H17N3O4. The third-order valence-electron chi connectivity index (χ3n) is 3.83. The summed E-state index contributed by atoms with van der Waals surface area (Å²) < 4.78 is 5.22. The second kappa shape index (κ2) is 8.09. The minimum Gasteiger partial charge on any atom is -0.481 e. The van der Waals surface area contributed by atoms with Crippen LogP contribution in [0.1, 0.15) is 11.1 Å². The highest BCUT2D eigenvalue weighted by Crippen LogP contribution is 2.29. The van der Waals surface area contributed by atoms with Crippen LogP contribution in [-0.2, 0) is 9.59 Å². The summed E-state index contributed by atoms with van der Waals surface area (Å²) in [5.41, 5.74) is 2.27. The molecule has 1 aliphatic heterocycles. The molecule has 7 heteroatoms. The molecule has 0 unspecified atom stereocenters. The fourth-order valence-corrected chi connectivity index (χ4v) is 2.68. The Morgan fingerprint density at radius 3 is 2.70 bits per heavy atom. The van der Waals surface area contributed by atoms with Crippen LogP contribution in [0.4, 0.5) is 5.69 Å². The lowest BCUT2D eigenvalue weighted by atomic mass is 10.1. The minimum atomic E-state index is -1.07. The average Bonchev–Trinajstić information content (AvgIpc) is 2.93. The third-order valence-corrected chi connectivity index (χ3v) is 3.83. The molecule has 2 aromatic rings. The van der Waals surface area contributed by atoms with Gasteiger partial charge < -0.3 is 14.7 Å². The Morgan fingerprint density at radius 1 is 1.19 bits per heavy atom. The van der Waals surface area contributed by atoms with E-state index in [1.165, 1.54) is 6.21 Å². The van der Waals surface area contributed by atoms with Gasteiger partial charge in [0.2, 0.25) is 0 Å². The van der Waals surface area contributed by atoms with Crippen molar-refractivity contribution in [3.8, 4) is 5.75 Å². The first-order valence-electron chi connectivity index (χ1n) is 8.18. The maximum atomic E-state index is 12.6. The largest absolute Gasteiger partial charge is 0.481 e. The van der Waals surface area contributed by atoms with Gasteiger partial charge in [-0.15, -0.1) is 11.7 Å². The summed E-state index contributed by atoms with van der Waals surface area (Å²) in [5.74, 6) is -0.948. The van der Waals surface area contributed by atoms with Crippen molar-refractivity contribution in [2.75, 3.05) is 18.1 Å². The number of nitrogens with zero attached hydrogens (tertiary/aromatic N) is 3. The summed E-state index contributed by atoms with van der Waals surface area (Å²) in [6.45, 7) is 3.60. The monoisotopic (exact) mass is 363 g/mol. The topological polar surface area (TPSA) is 91.6 Å². The zero-order valence-electron chi connectivity index (χ0n) is 14.4. The summed E-state index contributed by atoms with van der Waals surface area (Å²) in [5, 5.41) is 16.9. The molecule has 0 saturated carbocycles. The highest BCUT2D eigenvalue weighted by atomic mass is 16.5. The van der Waals surface area contributed by atoms with Crippen LogP contribution in [-0.4, -0.2) is 42.1 Å². The van der Waals surface area contributed by atoms with E-state index in [1.807, 2.05) is 24.3 Å². The van der Waals surface area contributed by atoms with Crippen molar-refractivity contribution in [2.45, 2.75) is 0 Å². The van der Waals surface area contributed by atoms with Gasteiger partial charge in [-0.2, -0.15) is 5.10 Å². The van der Waals surface area contributed by atoms with Crippen LogP contribution in [0, 0.1) is 0 Å². The van der Waals surface area contributed by atoms with Crippen LogP contribution >= 0.6 is 0 Å². The fraction of sp³-hybridized carbons (Fsp3) is 0.100. The predicted molar refractivity (Wildman–Crippen MR) is 103 cm³/mol. The Morgan fingerprint density at radius 2 is 1.93 bits per heavy atom. The van der Waals surface area contributed by atoms with Crippen molar-refractivity contribution in [1.82, 2.24) is 0 Å². The van der Waals surface area contributed by atoms with Gasteiger partial charge in [0.05, 0.1) is 11.9 Å². The molecule has 2 aromatic carbocycles. The van der Waals surface area contributed by atoms with Gasteiger partial charge >= 0.3 is 5.97 Å². The maximum Gasteiger partial charge on any atom is 0.341 e. The van der Waals surface area contributed by atoms with E-state index in [2.05, 4.69) is 16.8 Å². The molecule has 1 N–H and O–H groups in total. The molecule has 7 nitrogen and oxygen atoms in total. The number of aliphatic carboxylic acids is 1. The molecule has 0 saturated heterocycles. The number of ether oxygens (including phenoxy) is 1. The Labute approximate surface area is 155 Å². The first-order valence-corrected chi connectivity index (χ1v) is 8.18.